The van der Waals surface area contributed by atoms with E-state index < -0.39 is 0 Å². The number of benzene rings is 1. The Labute approximate surface area is 162 Å². The van der Waals surface area contributed by atoms with Crippen molar-refractivity contribution < 1.29 is 19.1 Å². The molecule has 0 radical (unpaired) electrons. The summed E-state index contributed by atoms with van der Waals surface area (Å²) in [4.78, 5) is 37.9. The van der Waals surface area contributed by atoms with Crippen LogP contribution in [-0.2, 0) is 19.1 Å². The fourth-order valence-corrected chi connectivity index (χ4v) is 2.76. The van der Waals surface area contributed by atoms with Crippen LogP contribution in [-0.4, -0.2) is 41.9 Å². The largest absolute Gasteiger partial charge is 0.466 e. The Hall–Kier alpha value is -2.37. The highest BCUT2D eigenvalue weighted by atomic mass is 16.5. The molecule has 0 aliphatic rings. The summed E-state index contributed by atoms with van der Waals surface area (Å²) in [6.07, 6.45) is 1.18. The average Bonchev–Trinajstić information content (AvgIpc) is 2.67. The van der Waals surface area contributed by atoms with Crippen LogP contribution < -0.4 is 5.32 Å². The second kappa shape index (κ2) is 12.1. The van der Waals surface area contributed by atoms with Crippen molar-refractivity contribution in [3.63, 3.8) is 0 Å². The topological polar surface area (TPSA) is 75.7 Å². The Morgan fingerprint density at radius 3 is 2.30 bits per heavy atom. The Bertz CT molecular complexity index is 603. The maximum atomic E-state index is 12.5. The van der Waals surface area contributed by atoms with Gasteiger partial charge in [-0.05, 0) is 32.8 Å². The monoisotopic (exact) mass is 376 g/mol. The van der Waals surface area contributed by atoms with Gasteiger partial charge in [-0.1, -0.05) is 37.3 Å². The zero-order valence-corrected chi connectivity index (χ0v) is 16.9. The summed E-state index contributed by atoms with van der Waals surface area (Å²) in [6.45, 7) is 8.26. The number of carbonyl (C=O) groups excluding carboxylic acids is 3. The molecular weight excluding hydrogens is 344 g/mol. The van der Waals surface area contributed by atoms with Crippen molar-refractivity contribution in [2.24, 2.45) is 0 Å². The molecule has 0 spiro atoms. The quantitative estimate of drug-likeness (QED) is 0.602. The van der Waals surface area contributed by atoms with Crippen LogP contribution in [0.15, 0.2) is 30.3 Å². The minimum Gasteiger partial charge on any atom is -0.466 e. The summed E-state index contributed by atoms with van der Waals surface area (Å²) in [6, 6.07) is 9.67. The highest BCUT2D eigenvalue weighted by Gasteiger charge is 2.21. The Morgan fingerprint density at radius 1 is 1.04 bits per heavy atom. The molecule has 0 aromatic heterocycles. The molecule has 1 N–H and O–H groups in total. The van der Waals surface area contributed by atoms with Crippen molar-refractivity contribution in [1.29, 1.82) is 0 Å². The number of nitrogens with one attached hydrogen (secondary N) is 1. The summed E-state index contributed by atoms with van der Waals surface area (Å²) < 4.78 is 4.87. The molecule has 0 bridgehead atoms. The summed E-state index contributed by atoms with van der Waals surface area (Å²) in [5.74, 6) is -0.594. The zero-order chi connectivity index (χ0) is 20.2. The second-order valence-corrected chi connectivity index (χ2v) is 6.60. The van der Waals surface area contributed by atoms with Crippen LogP contribution in [0.5, 0.6) is 0 Å². The molecule has 0 saturated heterocycles. The third-order valence-corrected chi connectivity index (χ3v) is 4.55. The van der Waals surface area contributed by atoms with E-state index in [0.717, 1.165) is 12.0 Å². The van der Waals surface area contributed by atoms with E-state index in [4.69, 9.17) is 4.74 Å². The molecule has 6 heteroatoms. The molecule has 0 fully saturated rings. The molecule has 1 aromatic rings. The van der Waals surface area contributed by atoms with Crippen LogP contribution in [0, 0.1) is 0 Å². The van der Waals surface area contributed by atoms with E-state index in [-0.39, 0.29) is 49.1 Å². The first kappa shape index (κ1) is 22.7. The highest BCUT2D eigenvalue weighted by molar-refractivity contribution is 5.82. The third kappa shape index (κ3) is 8.24. The van der Waals surface area contributed by atoms with Crippen molar-refractivity contribution in [2.75, 3.05) is 13.2 Å². The lowest BCUT2D eigenvalue weighted by Gasteiger charge is -2.28. The molecule has 27 heavy (non-hydrogen) atoms. The van der Waals surface area contributed by atoms with Gasteiger partial charge in [0.15, 0.2) is 0 Å². The average molecular weight is 376 g/mol. The van der Waals surface area contributed by atoms with Crippen molar-refractivity contribution in [1.82, 2.24) is 10.2 Å². The normalized spacial score (nSPS) is 12.7. The fraction of sp³-hybridized carbons (Fsp3) is 0.571. The first-order valence-electron chi connectivity index (χ1n) is 9.68. The number of nitrogens with zero attached hydrogens (tertiary/aromatic N) is 1. The van der Waals surface area contributed by atoms with E-state index in [9.17, 15) is 14.4 Å². The van der Waals surface area contributed by atoms with Crippen LogP contribution in [0.25, 0.3) is 0 Å². The predicted octanol–water partition coefficient (Wildman–Crippen LogP) is 3.22. The Balaban J connectivity index is 2.54. The summed E-state index contributed by atoms with van der Waals surface area (Å²) >= 11 is 0. The minimum absolute atomic E-state index is 0.0130. The molecule has 1 aromatic carbocycles. The van der Waals surface area contributed by atoms with Gasteiger partial charge in [-0.2, -0.15) is 0 Å². The van der Waals surface area contributed by atoms with E-state index in [1.165, 1.54) is 0 Å². The smallest absolute Gasteiger partial charge is 0.306 e. The standard InChI is InChI=1S/C21H32N2O4/c1-5-16(3)23(20(25)12-13-21(26)27-6-2)15-14-19(24)22-17(4)18-10-8-7-9-11-18/h7-11,16-17H,5-6,12-15H2,1-4H3,(H,22,24). The lowest BCUT2D eigenvalue weighted by Crippen LogP contribution is -2.41. The highest BCUT2D eigenvalue weighted by Crippen LogP contribution is 2.12. The van der Waals surface area contributed by atoms with E-state index in [1.807, 2.05) is 51.1 Å². The van der Waals surface area contributed by atoms with E-state index >= 15 is 0 Å². The van der Waals surface area contributed by atoms with E-state index in [1.54, 1.807) is 11.8 Å². The van der Waals surface area contributed by atoms with Gasteiger partial charge in [-0.25, -0.2) is 0 Å². The van der Waals surface area contributed by atoms with Crippen LogP contribution in [0.1, 0.15) is 65.0 Å². The third-order valence-electron chi connectivity index (χ3n) is 4.55. The van der Waals surface area contributed by atoms with E-state index in [2.05, 4.69) is 5.32 Å². The van der Waals surface area contributed by atoms with Gasteiger partial charge < -0.3 is 15.0 Å². The molecule has 2 unspecified atom stereocenters. The Kier molecular flexibility index (Phi) is 10.2. The van der Waals surface area contributed by atoms with Crippen LogP contribution in [0.3, 0.4) is 0 Å². The molecule has 150 valence electrons. The number of hydrogen-bond donors (Lipinski definition) is 1. The first-order chi connectivity index (χ1) is 12.9. The lowest BCUT2D eigenvalue weighted by molar-refractivity contribution is -0.146. The SMILES string of the molecule is CCOC(=O)CCC(=O)N(CCC(=O)NC(C)c1ccccc1)C(C)CC. The fourth-order valence-electron chi connectivity index (χ4n) is 2.76. The van der Waals surface area contributed by atoms with Gasteiger partial charge >= 0.3 is 5.97 Å². The number of carbonyl (C=O) groups is 3. The van der Waals surface area contributed by atoms with Gasteiger partial charge in [0, 0.05) is 25.4 Å². The van der Waals surface area contributed by atoms with Crippen molar-refractivity contribution in [3.05, 3.63) is 35.9 Å². The summed E-state index contributed by atoms with van der Waals surface area (Å²) in [5.41, 5.74) is 1.04. The van der Waals surface area contributed by atoms with Gasteiger partial charge in [-0.15, -0.1) is 0 Å². The molecule has 6 nitrogen and oxygen atoms in total. The summed E-state index contributed by atoms with van der Waals surface area (Å²) in [5, 5.41) is 2.96. The molecule has 2 amide bonds. The zero-order valence-electron chi connectivity index (χ0n) is 16.9. The number of rotatable bonds is 11. The van der Waals surface area contributed by atoms with Gasteiger partial charge in [0.2, 0.25) is 11.8 Å². The van der Waals surface area contributed by atoms with Gasteiger partial charge in [-0.3, -0.25) is 14.4 Å². The van der Waals surface area contributed by atoms with Crippen molar-refractivity contribution in [3.8, 4) is 0 Å². The minimum atomic E-state index is -0.371. The number of ether oxygens (including phenoxy) is 1. The molecule has 1 rings (SSSR count). The van der Waals surface area contributed by atoms with E-state index in [0.29, 0.717) is 13.2 Å². The molecule has 2 atom stereocenters. The van der Waals surface area contributed by atoms with Crippen LogP contribution in [0.4, 0.5) is 0 Å². The Morgan fingerprint density at radius 2 is 1.70 bits per heavy atom. The van der Waals surface area contributed by atoms with Gasteiger partial charge in [0.05, 0.1) is 19.1 Å². The molecule has 0 saturated carbocycles. The molecule has 0 aliphatic carbocycles. The molecular formula is C21H32N2O4. The lowest BCUT2D eigenvalue weighted by atomic mass is 10.1. The number of esters is 1. The van der Waals surface area contributed by atoms with Crippen molar-refractivity contribution in [2.45, 2.75) is 65.5 Å². The second-order valence-electron chi connectivity index (χ2n) is 6.60. The van der Waals surface area contributed by atoms with Crippen molar-refractivity contribution >= 4 is 17.8 Å². The van der Waals surface area contributed by atoms with Crippen LogP contribution in [0.2, 0.25) is 0 Å². The molecule has 0 aliphatic heterocycles. The van der Waals surface area contributed by atoms with Crippen LogP contribution >= 0.6 is 0 Å². The first-order valence-corrected chi connectivity index (χ1v) is 9.68. The maximum absolute atomic E-state index is 12.5. The number of hydrogen-bond acceptors (Lipinski definition) is 4. The van der Waals surface area contributed by atoms with Gasteiger partial charge in [0.1, 0.15) is 0 Å². The molecule has 0 heterocycles. The number of amides is 2. The maximum Gasteiger partial charge on any atom is 0.306 e. The summed E-state index contributed by atoms with van der Waals surface area (Å²) in [7, 11) is 0. The van der Waals surface area contributed by atoms with Gasteiger partial charge in [0.25, 0.3) is 0 Å². The predicted molar refractivity (Wildman–Crippen MR) is 105 cm³/mol.